The number of carbonyl (C=O) groups is 2. The largest absolute Gasteiger partial charge is 0.378 e. The fourth-order valence-electron chi connectivity index (χ4n) is 0.707. The Morgan fingerprint density at radius 1 is 1.46 bits per heavy atom. The summed E-state index contributed by atoms with van der Waals surface area (Å²) in [6.07, 6.45) is 0.205. The maximum Gasteiger partial charge on any atom is 0.236 e. The zero-order chi connectivity index (χ0) is 10.5. The lowest BCUT2D eigenvalue weighted by atomic mass is 10.1. The molecule has 0 aliphatic rings. The Hall–Kier alpha value is -1.10. The second kappa shape index (κ2) is 4.81. The van der Waals surface area contributed by atoms with Gasteiger partial charge in [0.2, 0.25) is 11.8 Å². The van der Waals surface area contributed by atoms with Gasteiger partial charge in [0.1, 0.15) is 0 Å². The molecular weight excluding hydrogens is 172 g/mol. The number of amides is 2. The minimum atomic E-state index is -0.552. The average molecular weight is 188 g/mol. The van der Waals surface area contributed by atoms with Crippen molar-refractivity contribution in [3.8, 4) is 0 Å². The van der Waals surface area contributed by atoms with Gasteiger partial charge in [0.25, 0.3) is 0 Å². The van der Waals surface area contributed by atoms with Crippen LogP contribution in [0.25, 0.3) is 0 Å². The molecule has 0 aliphatic carbocycles. The van der Waals surface area contributed by atoms with E-state index in [1.165, 1.54) is 7.11 Å². The molecule has 5 heteroatoms. The third-order valence-electron chi connectivity index (χ3n) is 1.60. The standard InChI is InChI=1S/C8H16N2O3/c1-8(2,13-3)4-7(12)10-5-6(9)11/h4-5H2,1-3H3,(H2,9,11)(H,10,12). The molecule has 0 unspecified atom stereocenters. The van der Waals surface area contributed by atoms with Crippen molar-refractivity contribution in [3.05, 3.63) is 0 Å². The van der Waals surface area contributed by atoms with Crippen molar-refractivity contribution in [2.75, 3.05) is 13.7 Å². The summed E-state index contributed by atoms with van der Waals surface area (Å²) in [6.45, 7) is 3.45. The first-order valence-electron chi connectivity index (χ1n) is 3.97. The summed E-state index contributed by atoms with van der Waals surface area (Å²) < 4.78 is 5.04. The molecule has 0 fully saturated rings. The van der Waals surface area contributed by atoms with Crippen molar-refractivity contribution in [1.82, 2.24) is 5.32 Å². The van der Waals surface area contributed by atoms with Crippen molar-refractivity contribution >= 4 is 11.8 Å². The van der Waals surface area contributed by atoms with Gasteiger partial charge in [0.05, 0.1) is 18.6 Å². The fourth-order valence-corrected chi connectivity index (χ4v) is 0.707. The highest BCUT2D eigenvalue weighted by molar-refractivity contribution is 5.84. The predicted molar refractivity (Wildman–Crippen MR) is 47.9 cm³/mol. The highest BCUT2D eigenvalue weighted by Crippen LogP contribution is 2.11. The van der Waals surface area contributed by atoms with E-state index in [0.29, 0.717) is 0 Å². The molecule has 0 saturated heterocycles. The second-order valence-electron chi connectivity index (χ2n) is 3.38. The number of hydrogen-bond donors (Lipinski definition) is 2. The van der Waals surface area contributed by atoms with E-state index in [1.807, 2.05) is 0 Å². The Kier molecular flexibility index (Phi) is 4.40. The van der Waals surface area contributed by atoms with Gasteiger partial charge in [-0.15, -0.1) is 0 Å². The normalized spacial score (nSPS) is 11.0. The minimum absolute atomic E-state index is 0.126. The fraction of sp³-hybridized carbons (Fsp3) is 0.750. The number of primary amides is 1. The van der Waals surface area contributed by atoms with Crippen LogP contribution in [0.1, 0.15) is 20.3 Å². The monoisotopic (exact) mass is 188 g/mol. The van der Waals surface area contributed by atoms with Gasteiger partial charge in [0.15, 0.2) is 0 Å². The van der Waals surface area contributed by atoms with Crippen LogP contribution in [0.15, 0.2) is 0 Å². The molecule has 13 heavy (non-hydrogen) atoms. The number of ether oxygens (including phenoxy) is 1. The first-order valence-corrected chi connectivity index (χ1v) is 3.97. The summed E-state index contributed by atoms with van der Waals surface area (Å²) in [7, 11) is 1.53. The van der Waals surface area contributed by atoms with E-state index in [9.17, 15) is 9.59 Å². The number of nitrogens with two attached hydrogens (primary N) is 1. The van der Waals surface area contributed by atoms with E-state index in [4.69, 9.17) is 10.5 Å². The van der Waals surface area contributed by atoms with Crippen LogP contribution in [0.3, 0.4) is 0 Å². The molecule has 3 N–H and O–H groups in total. The molecule has 0 aliphatic heterocycles. The minimum Gasteiger partial charge on any atom is -0.378 e. The summed E-state index contributed by atoms with van der Waals surface area (Å²) in [5.74, 6) is -0.797. The van der Waals surface area contributed by atoms with E-state index >= 15 is 0 Å². The first kappa shape index (κ1) is 11.9. The Balaban J connectivity index is 3.81. The van der Waals surface area contributed by atoms with Crippen molar-refractivity contribution in [2.45, 2.75) is 25.9 Å². The molecule has 0 aromatic carbocycles. The van der Waals surface area contributed by atoms with Crippen molar-refractivity contribution < 1.29 is 14.3 Å². The van der Waals surface area contributed by atoms with Crippen LogP contribution >= 0.6 is 0 Å². The Labute approximate surface area is 77.6 Å². The molecule has 0 aromatic heterocycles. The Morgan fingerprint density at radius 3 is 2.38 bits per heavy atom. The van der Waals surface area contributed by atoms with Gasteiger partial charge in [0, 0.05) is 7.11 Å². The third-order valence-corrected chi connectivity index (χ3v) is 1.60. The zero-order valence-corrected chi connectivity index (χ0v) is 8.22. The van der Waals surface area contributed by atoms with E-state index < -0.39 is 11.5 Å². The smallest absolute Gasteiger partial charge is 0.236 e. The maximum atomic E-state index is 11.1. The molecule has 0 atom stereocenters. The summed E-state index contributed by atoms with van der Waals surface area (Å²) in [5.41, 5.74) is 4.34. The van der Waals surface area contributed by atoms with Gasteiger partial charge in [-0.05, 0) is 13.8 Å². The molecule has 0 heterocycles. The zero-order valence-electron chi connectivity index (χ0n) is 8.22. The molecule has 0 bridgehead atoms. The van der Waals surface area contributed by atoms with Gasteiger partial charge < -0.3 is 15.8 Å². The highest BCUT2D eigenvalue weighted by atomic mass is 16.5. The number of hydrogen-bond acceptors (Lipinski definition) is 3. The lowest BCUT2D eigenvalue weighted by Crippen LogP contribution is -2.38. The van der Waals surface area contributed by atoms with E-state index in [2.05, 4.69) is 5.32 Å². The van der Waals surface area contributed by atoms with Gasteiger partial charge >= 0.3 is 0 Å². The predicted octanol–water partition coefficient (Wildman–Crippen LogP) is -0.597. The molecule has 0 saturated carbocycles. The number of rotatable bonds is 5. The molecule has 0 radical (unpaired) electrons. The van der Waals surface area contributed by atoms with Gasteiger partial charge in [-0.25, -0.2) is 0 Å². The van der Waals surface area contributed by atoms with Crippen LogP contribution in [0.5, 0.6) is 0 Å². The summed E-state index contributed by atoms with van der Waals surface area (Å²) in [4.78, 5) is 21.4. The van der Waals surface area contributed by atoms with Crippen molar-refractivity contribution in [2.24, 2.45) is 5.73 Å². The molecular formula is C8H16N2O3. The van der Waals surface area contributed by atoms with E-state index in [-0.39, 0.29) is 18.9 Å². The number of nitrogens with one attached hydrogen (secondary N) is 1. The molecule has 0 spiro atoms. The van der Waals surface area contributed by atoms with Gasteiger partial charge in [-0.2, -0.15) is 0 Å². The molecule has 5 nitrogen and oxygen atoms in total. The Bertz CT molecular complexity index is 202. The van der Waals surface area contributed by atoms with Crippen LogP contribution in [0, 0.1) is 0 Å². The lowest BCUT2D eigenvalue weighted by molar-refractivity contribution is -0.128. The summed E-state index contributed by atoms with van der Waals surface area (Å²) >= 11 is 0. The lowest BCUT2D eigenvalue weighted by Gasteiger charge is -2.21. The second-order valence-corrected chi connectivity index (χ2v) is 3.38. The third kappa shape index (κ3) is 6.10. The van der Waals surface area contributed by atoms with Crippen LogP contribution in [0.2, 0.25) is 0 Å². The summed E-state index contributed by atoms with van der Waals surface area (Å²) in [6, 6.07) is 0. The molecule has 2 amide bonds. The molecule has 0 rings (SSSR count). The molecule has 76 valence electrons. The van der Waals surface area contributed by atoms with Crippen molar-refractivity contribution in [3.63, 3.8) is 0 Å². The Morgan fingerprint density at radius 2 is 2.00 bits per heavy atom. The summed E-state index contributed by atoms with van der Waals surface area (Å²) in [5, 5.41) is 2.38. The van der Waals surface area contributed by atoms with Gasteiger partial charge in [-0.3, -0.25) is 9.59 Å². The van der Waals surface area contributed by atoms with Gasteiger partial charge in [-0.1, -0.05) is 0 Å². The van der Waals surface area contributed by atoms with Crippen LogP contribution in [0.4, 0.5) is 0 Å². The van der Waals surface area contributed by atoms with Crippen LogP contribution in [-0.4, -0.2) is 31.1 Å². The van der Waals surface area contributed by atoms with E-state index in [1.54, 1.807) is 13.8 Å². The SMILES string of the molecule is COC(C)(C)CC(=O)NCC(N)=O. The quantitative estimate of drug-likeness (QED) is 0.604. The van der Waals surface area contributed by atoms with Crippen LogP contribution < -0.4 is 11.1 Å². The molecule has 0 aromatic rings. The number of carbonyl (C=O) groups excluding carboxylic acids is 2. The average Bonchev–Trinajstić information content (AvgIpc) is 2.00. The number of methoxy groups -OCH3 is 1. The first-order chi connectivity index (χ1) is 5.87. The maximum absolute atomic E-state index is 11.1. The van der Waals surface area contributed by atoms with Crippen molar-refractivity contribution in [1.29, 1.82) is 0 Å². The topological polar surface area (TPSA) is 81.4 Å². The van der Waals surface area contributed by atoms with Crippen LogP contribution in [-0.2, 0) is 14.3 Å². The highest BCUT2D eigenvalue weighted by Gasteiger charge is 2.20. The van der Waals surface area contributed by atoms with E-state index in [0.717, 1.165) is 0 Å².